The van der Waals surface area contributed by atoms with Gasteiger partial charge in [-0.25, -0.2) is 4.57 Å². The van der Waals surface area contributed by atoms with Gasteiger partial charge in [0.15, 0.2) is 0 Å². The number of quaternary nitrogens is 1. The molecule has 9 heteroatoms. The van der Waals surface area contributed by atoms with Crippen molar-refractivity contribution in [1.29, 1.82) is 0 Å². The van der Waals surface area contributed by atoms with Gasteiger partial charge >= 0.3 is 7.82 Å². The summed E-state index contributed by atoms with van der Waals surface area (Å²) in [5.41, 5.74) is 0. The summed E-state index contributed by atoms with van der Waals surface area (Å²) in [5, 5.41) is 13.2. The van der Waals surface area contributed by atoms with Crippen LogP contribution >= 0.6 is 7.82 Å². The van der Waals surface area contributed by atoms with E-state index in [4.69, 9.17) is 9.05 Å². The molecule has 1 amide bonds. The van der Waals surface area contributed by atoms with Gasteiger partial charge in [-0.05, 0) is 12.8 Å². The van der Waals surface area contributed by atoms with Crippen molar-refractivity contribution in [3.05, 3.63) is 12.2 Å². The van der Waals surface area contributed by atoms with Gasteiger partial charge in [0.2, 0.25) is 5.91 Å². The summed E-state index contributed by atoms with van der Waals surface area (Å²) in [6, 6.07) is -0.834. The molecular weight excluding hydrogens is 455 g/mol. The van der Waals surface area contributed by atoms with Gasteiger partial charge in [-0.1, -0.05) is 83.8 Å². The lowest BCUT2D eigenvalue weighted by Gasteiger charge is -2.25. The highest BCUT2D eigenvalue weighted by atomic mass is 31.2. The lowest BCUT2D eigenvalue weighted by molar-refractivity contribution is -0.870. The molecule has 3 atom stereocenters. The van der Waals surface area contributed by atoms with Gasteiger partial charge in [-0.15, -0.1) is 0 Å². The molecule has 0 saturated carbocycles. The third-order valence-electron chi connectivity index (χ3n) is 5.57. The average molecular weight is 508 g/mol. The fourth-order valence-corrected chi connectivity index (χ4v) is 4.03. The number of hydrogen-bond donors (Lipinski definition) is 3. The summed E-state index contributed by atoms with van der Waals surface area (Å²) in [4.78, 5) is 21.8. The normalized spacial score (nSPS) is 15.9. The van der Waals surface area contributed by atoms with Crippen LogP contribution in [0.1, 0.15) is 90.9 Å². The largest absolute Gasteiger partial charge is 0.472 e. The number of rotatable bonds is 22. The standard InChI is InChI=1S/C25H51N2O6P/c1-6-8-9-10-11-12-13-14-15-16-17-18-19-24(28)23(26-25(29)7-2)22-33-34(30,31)32-21-20-27(3,4)5/h18-19,23-24,28H,6-17,20-22H2,1-5H3,(H-,26,29,30,31)/p+1/b19-18+. The molecule has 0 aliphatic carbocycles. The SMILES string of the molecule is CCCCCCCCCCCC/C=C/C(O)C(COP(=O)(O)OCC[N+](C)(C)C)NC(=O)CC. The van der Waals surface area contributed by atoms with Crippen LogP contribution in [0.2, 0.25) is 0 Å². The Kier molecular flexibility index (Phi) is 19.0. The first kappa shape index (κ1) is 33.2. The molecule has 0 rings (SSSR count). The molecule has 202 valence electrons. The molecule has 3 unspecified atom stereocenters. The summed E-state index contributed by atoms with van der Waals surface area (Å²) in [5.74, 6) is -0.269. The number of nitrogens with one attached hydrogen (secondary N) is 1. The first-order valence-electron chi connectivity index (χ1n) is 13.1. The molecule has 0 heterocycles. The van der Waals surface area contributed by atoms with Gasteiger partial charge in [0.05, 0.1) is 39.9 Å². The molecule has 8 nitrogen and oxygen atoms in total. The van der Waals surface area contributed by atoms with Crippen LogP contribution in [0.4, 0.5) is 0 Å². The molecular formula is C25H52N2O6P+. The van der Waals surface area contributed by atoms with E-state index in [9.17, 15) is 19.4 Å². The van der Waals surface area contributed by atoms with Crippen molar-refractivity contribution in [3.8, 4) is 0 Å². The van der Waals surface area contributed by atoms with E-state index in [0.717, 1.165) is 19.3 Å². The van der Waals surface area contributed by atoms with E-state index in [0.29, 0.717) is 11.0 Å². The number of phosphoric ester groups is 1. The first-order chi connectivity index (χ1) is 16.0. The molecule has 0 aromatic rings. The number of carbonyl (C=O) groups is 1. The molecule has 34 heavy (non-hydrogen) atoms. The Hall–Kier alpha value is -0.760. The smallest absolute Gasteiger partial charge is 0.387 e. The maximum absolute atomic E-state index is 12.1. The predicted molar refractivity (Wildman–Crippen MR) is 138 cm³/mol. The zero-order chi connectivity index (χ0) is 25.9. The number of nitrogens with zero attached hydrogens (tertiary/aromatic N) is 1. The van der Waals surface area contributed by atoms with Gasteiger partial charge in [0, 0.05) is 6.42 Å². The van der Waals surface area contributed by atoms with Crippen LogP contribution in [0.25, 0.3) is 0 Å². The van der Waals surface area contributed by atoms with Crippen LogP contribution in [0, 0.1) is 0 Å². The number of unbranched alkanes of at least 4 members (excludes halogenated alkanes) is 10. The van der Waals surface area contributed by atoms with Crippen molar-refractivity contribution in [1.82, 2.24) is 5.32 Å². The summed E-state index contributed by atoms with van der Waals surface area (Å²) in [6.07, 6.45) is 16.3. The van der Waals surface area contributed by atoms with Crippen LogP contribution in [-0.2, 0) is 18.4 Å². The first-order valence-corrected chi connectivity index (χ1v) is 14.6. The summed E-state index contributed by atoms with van der Waals surface area (Å²) in [6.45, 7) is 4.21. The number of carbonyl (C=O) groups excluding carboxylic acids is 1. The fraction of sp³-hybridized carbons (Fsp3) is 0.880. The fourth-order valence-electron chi connectivity index (χ4n) is 3.30. The lowest BCUT2D eigenvalue weighted by Crippen LogP contribution is -2.45. The number of aliphatic hydroxyl groups is 1. The zero-order valence-electron chi connectivity index (χ0n) is 22.3. The van der Waals surface area contributed by atoms with Crippen LogP contribution in [0.15, 0.2) is 12.2 Å². The highest BCUT2D eigenvalue weighted by Crippen LogP contribution is 2.43. The van der Waals surface area contributed by atoms with E-state index >= 15 is 0 Å². The molecule has 0 bridgehead atoms. The summed E-state index contributed by atoms with van der Waals surface area (Å²) >= 11 is 0. The molecule has 0 saturated heterocycles. The minimum Gasteiger partial charge on any atom is -0.387 e. The Morgan fingerprint density at radius 1 is 0.971 bits per heavy atom. The number of hydrogen-bond acceptors (Lipinski definition) is 5. The Bertz CT molecular complexity index is 594. The van der Waals surface area contributed by atoms with Crippen LogP contribution in [0.5, 0.6) is 0 Å². The van der Waals surface area contributed by atoms with E-state index in [1.54, 1.807) is 13.0 Å². The minimum absolute atomic E-state index is 0.0601. The molecule has 0 aliphatic rings. The van der Waals surface area contributed by atoms with Gasteiger partial charge in [-0.3, -0.25) is 13.8 Å². The highest BCUT2D eigenvalue weighted by Gasteiger charge is 2.27. The van der Waals surface area contributed by atoms with Gasteiger partial charge in [0.1, 0.15) is 13.2 Å². The van der Waals surface area contributed by atoms with Crippen molar-refractivity contribution < 1.29 is 32.9 Å². The summed E-state index contributed by atoms with van der Waals surface area (Å²) < 4.78 is 22.8. The Morgan fingerprint density at radius 3 is 2.06 bits per heavy atom. The second-order valence-corrected chi connectivity index (χ2v) is 11.5. The van der Waals surface area contributed by atoms with Crippen molar-refractivity contribution >= 4 is 13.7 Å². The Morgan fingerprint density at radius 2 is 1.53 bits per heavy atom. The van der Waals surface area contributed by atoms with Crippen molar-refractivity contribution in [3.63, 3.8) is 0 Å². The second kappa shape index (κ2) is 19.4. The number of likely N-dealkylation sites (N-methyl/N-ethyl adjacent to an activating group) is 1. The van der Waals surface area contributed by atoms with Crippen molar-refractivity contribution in [2.75, 3.05) is 40.9 Å². The Labute approximate surface area is 208 Å². The quantitative estimate of drug-likeness (QED) is 0.0829. The maximum Gasteiger partial charge on any atom is 0.472 e. The molecule has 0 aromatic carbocycles. The second-order valence-electron chi connectivity index (χ2n) is 10.0. The number of aliphatic hydroxyl groups excluding tert-OH is 1. The topological polar surface area (TPSA) is 105 Å². The summed E-state index contributed by atoms with van der Waals surface area (Å²) in [7, 11) is 1.56. The van der Waals surface area contributed by atoms with Crippen LogP contribution < -0.4 is 5.32 Å². The molecule has 0 radical (unpaired) electrons. The minimum atomic E-state index is -4.28. The van der Waals surface area contributed by atoms with E-state index < -0.39 is 20.0 Å². The van der Waals surface area contributed by atoms with Crippen molar-refractivity contribution in [2.45, 2.75) is 103 Å². The van der Waals surface area contributed by atoms with Gasteiger partial charge < -0.3 is 19.8 Å². The lowest BCUT2D eigenvalue weighted by atomic mass is 10.1. The van der Waals surface area contributed by atoms with E-state index in [2.05, 4.69) is 12.2 Å². The molecule has 0 aromatic heterocycles. The third-order valence-corrected chi connectivity index (χ3v) is 6.56. The van der Waals surface area contributed by atoms with E-state index in [-0.39, 0.29) is 25.5 Å². The molecule has 0 spiro atoms. The monoisotopic (exact) mass is 507 g/mol. The van der Waals surface area contributed by atoms with E-state index in [1.807, 2.05) is 27.2 Å². The van der Waals surface area contributed by atoms with Crippen LogP contribution in [0.3, 0.4) is 0 Å². The van der Waals surface area contributed by atoms with Gasteiger partial charge in [-0.2, -0.15) is 0 Å². The number of phosphoric acid groups is 1. The zero-order valence-corrected chi connectivity index (χ0v) is 23.2. The molecule has 0 aliphatic heterocycles. The molecule has 0 fully saturated rings. The average Bonchev–Trinajstić information content (AvgIpc) is 2.75. The van der Waals surface area contributed by atoms with Crippen LogP contribution in [-0.4, -0.2) is 73.4 Å². The molecule has 3 N–H and O–H groups in total. The van der Waals surface area contributed by atoms with Gasteiger partial charge in [0.25, 0.3) is 0 Å². The van der Waals surface area contributed by atoms with E-state index in [1.165, 1.54) is 51.4 Å². The third kappa shape index (κ3) is 20.6. The number of amides is 1. The number of allylic oxidation sites excluding steroid dienone is 1. The maximum atomic E-state index is 12.1. The highest BCUT2D eigenvalue weighted by molar-refractivity contribution is 7.47. The van der Waals surface area contributed by atoms with Crippen molar-refractivity contribution in [2.24, 2.45) is 0 Å². The predicted octanol–water partition coefficient (Wildman–Crippen LogP) is 4.95. The Balaban J connectivity index is 4.33.